The summed E-state index contributed by atoms with van der Waals surface area (Å²) in [5.41, 5.74) is 0.865. The Morgan fingerprint density at radius 1 is 1.30 bits per heavy atom. The van der Waals surface area contributed by atoms with Crippen molar-refractivity contribution < 1.29 is 18.7 Å². The molecule has 8 heteroatoms. The zero-order valence-electron chi connectivity index (χ0n) is 12.3. The number of ether oxygens (including phenoxy) is 1. The van der Waals surface area contributed by atoms with Gasteiger partial charge in [0, 0.05) is 6.20 Å². The summed E-state index contributed by atoms with van der Waals surface area (Å²) in [6, 6.07) is 3.53. The van der Waals surface area contributed by atoms with Crippen LogP contribution in [-0.2, 0) is 9.53 Å². The molecule has 23 heavy (non-hydrogen) atoms. The Morgan fingerprint density at radius 3 is 2.65 bits per heavy atom. The van der Waals surface area contributed by atoms with Gasteiger partial charge in [0.1, 0.15) is 5.82 Å². The lowest BCUT2D eigenvalue weighted by Crippen LogP contribution is -2.30. The predicted molar refractivity (Wildman–Crippen MR) is 81.7 cm³/mol. The first kappa shape index (κ1) is 16.8. The first-order chi connectivity index (χ1) is 10.9. The summed E-state index contributed by atoms with van der Waals surface area (Å²) in [6.07, 6.45) is 1.59. The highest BCUT2D eigenvalue weighted by Gasteiger charge is 2.20. The van der Waals surface area contributed by atoms with Crippen LogP contribution in [0.25, 0.3) is 0 Å². The third-order valence-corrected chi connectivity index (χ3v) is 3.14. The number of anilines is 1. The molecule has 2 aromatic rings. The van der Waals surface area contributed by atoms with Crippen LogP contribution in [0.4, 0.5) is 10.1 Å². The van der Waals surface area contributed by atoms with Crippen LogP contribution in [0.2, 0.25) is 5.02 Å². The van der Waals surface area contributed by atoms with Gasteiger partial charge >= 0.3 is 5.97 Å². The number of nitrogens with one attached hydrogen (secondary N) is 1. The zero-order valence-corrected chi connectivity index (χ0v) is 13.1. The number of amides is 1. The number of esters is 1. The van der Waals surface area contributed by atoms with Crippen LogP contribution in [0.15, 0.2) is 30.6 Å². The van der Waals surface area contributed by atoms with Crippen molar-refractivity contribution in [2.75, 3.05) is 5.32 Å². The van der Waals surface area contributed by atoms with Crippen molar-refractivity contribution in [3.8, 4) is 0 Å². The predicted octanol–water partition coefficient (Wildman–Crippen LogP) is 2.76. The molecule has 0 aliphatic rings. The largest absolute Gasteiger partial charge is 0.448 e. The molecule has 0 bridgehead atoms. The highest BCUT2D eigenvalue weighted by molar-refractivity contribution is 6.33. The number of carbonyl (C=O) groups is 2. The smallest absolute Gasteiger partial charge is 0.359 e. The maximum absolute atomic E-state index is 13.0. The van der Waals surface area contributed by atoms with E-state index < -0.39 is 23.8 Å². The number of hydrogen-bond acceptors (Lipinski definition) is 5. The van der Waals surface area contributed by atoms with E-state index in [-0.39, 0.29) is 16.4 Å². The number of carbonyl (C=O) groups excluding carboxylic acids is 2. The highest BCUT2D eigenvalue weighted by Crippen LogP contribution is 2.22. The molecule has 0 saturated heterocycles. The van der Waals surface area contributed by atoms with Crippen molar-refractivity contribution >= 4 is 29.2 Å². The molecule has 1 amide bonds. The second kappa shape index (κ2) is 7.15. The third-order valence-electron chi connectivity index (χ3n) is 2.83. The Labute approximate surface area is 136 Å². The summed E-state index contributed by atoms with van der Waals surface area (Å²) < 4.78 is 18.0. The van der Waals surface area contributed by atoms with Crippen LogP contribution in [-0.4, -0.2) is 27.9 Å². The van der Waals surface area contributed by atoms with E-state index in [1.54, 1.807) is 6.92 Å². The van der Waals surface area contributed by atoms with Gasteiger partial charge in [-0.1, -0.05) is 11.6 Å². The zero-order chi connectivity index (χ0) is 17.0. The van der Waals surface area contributed by atoms with Gasteiger partial charge in [0.05, 0.1) is 22.6 Å². The van der Waals surface area contributed by atoms with Gasteiger partial charge in [-0.3, -0.25) is 9.78 Å². The van der Waals surface area contributed by atoms with Crippen LogP contribution in [0.1, 0.15) is 23.1 Å². The van der Waals surface area contributed by atoms with Crippen LogP contribution >= 0.6 is 11.6 Å². The minimum absolute atomic E-state index is 0.00457. The molecule has 0 aliphatic carbocycles. The van der Waals surface area contributed by atoms with Crippen molar-refractivity contribution in [3.63, 3.8) is 0 Å². The number of rotatable bonds is 4. The average molecular weight is 338 g/mol. The SMILES string of the molecule is Cc1cnc(C(=O)O[C@H](C)C(=O)Nc2ccc(F)cc2Cl)cn1. The average Bonchev–Trinajstić information content (AvgIpc) is 2.50. The van der Waals surface area contributed by atoms with E-state index in [1.807, 2.05) is 0 Å². The molecule has 2 rings (SSSR count). The van der Waals surface area contributed by atoms with E-state index in [2.05, 4.69) is 15.3 Å². The molecule has 1 atom stereocenters. The van der Waals surface area contributed by atoms with Gasteiger partial charge in [0.25, 0.3) is 5.91 Å². The van der Waals surface area contributed by atoms with E-state index in [9.17, 15) is 14.0 Å². The van der Waals surface area contributed by atoms with E-state index in [0.717, 1.165) is 12.1 Å². The highest BCUT2D eigenvalue weighted by atomic mass is 35.5. The first-order valence-corrected chi connectivity index (χ1v) is 7.00. The molecule has 1 heterocycles. The molecular weight excluding hydrogens is 325 g/mol. The van der Waals surface area contributed by atoms with E-state index >= 15 is 0 Å². The third kappa shape index (κ3) is 4.46. The quantitative estimate of drug-likeness (QED) is 0.868. The molecule has 0 aliphatic heterocycles. The summed E-state index contributed by atoms with van der Waals surface area (Å²) in [5, 5.41) is 2.50. The Hall–Kier alpha value is -2.54. The molecule has 120 valence electrons. The number of nitrogens with zero attached hydrogens (tertiary/aromatic N) is 2. The second-order valence-electron chi connectivity index (χ2n) is 4.70. The summed E-state index contributed by atoms with van der Waals surface area (Å²) in [6.45, 7) is 3.12. The second-order valence-corrected chi connectivity index (χ2v) is 5.11. The van der Waals surface area contributed by atoms with E-state index in [1.165, 1.54) is 25.4 Å². The van der Waals surface area contributed by atoms with Crippen molar-refractivity contribution in [2.45, 2.75) is 20.0 Å². The van der Waals surface area contributed by atoms with E-state index in [4.69, 9.17) is 16.3 Å². The lowest BCUT2D eigenvalue weighted by Gasteiger charge is -2.14. The molecule has 0 radical (unpaired) electrons. The summed E-state index contributed by atoms with van der Waals surface area (Å²) in [7, 11) is 0. The fourth-order valence-corrected chi connectivity index (χ4v) is 1.81. The number of aromatic nitrogens is 2. The fourth-order valence-electron chi connectivity index (χ4n) is 1.60. The van der Waals surface area contributed by atoms with Crippen LogP contribution in [0, 0.1) is 12.7 Å². The number of aryl methyl sites for hydroxylation is 1. The van der Waals surface area contributed by atoms with Gasteiger partial charge in [0.2, 0.25) is 0 Å². The van der Waals surface area contributed by atoms with Gasteiger partial charge in [-0.15, -0.1) is 0 Å². The Morgan fingerprint density at radius 2 is 2.04 bits per heavy atom. The standard InChI is InChI=1S/C15H13ClFN3O3/c1-8-6-19-13(7-18-8)15(22)23-9(2)14(21)20-12-4-3-10(17)5-11(12)16/h3-7,9H,1-2H3,(H,20,21)/t9-/m1/s1. The topological polar surface area (TPSA) is 81.2 Å². The summed E-state index contributed by atoms with van der Waals surface area (Å²) >= 11 is 5.81. The van der Waals surface area contributed by atoms with Crippen molar-refractivity contribution in [3.05, 3.63) is 52.8 Å². The van der Waals surface area contributed by atoms with Gasteiger partial charge in [0.15, 0.2) is 11.8 Å². The number of benzene rings is 1. The number of hydrogen-bond donors (Lipinski definition) is 1. The lowest BCUT2D eigenvalue weighted by atomic mass is 10.3. The molecule has 6 nitrogen and oxygen atoms in total. The Balaban J connectivity index is 1.99. The maximum atomic E-state index is 13.0. The molecule has 1 aromatic carbocycles. The fraction of sp³-hybridized carbons (Fsp3) is 0.200. The lowest BCUT2D eigenvalue weighted by molar-refractivity contribution is -0.123. The molecule has 0 unspecified atom stereocenters. The van der Waals surface area contributed by atoms with Crippen molar-refractivity contribution in [1.29, 1.82) is 0 Å². The van der Waals surface area contributed by atoms with Gasteiger partial charge in [-0.25, -0.2) is 14.2 Å². The maximum Gasteiger partial charge on any atom is 0.359 e. The normalized spacial score (nSPS) is 11.7. The van der Waals surface area contributed by atoms with Crippen molar-refractivity contribution in [2.24, 2.45) is 0 Å². The first-order valence-electron chi connectivity index (χ1n) is 6.62. The molecule has 1 N–H and O–H groups in total. The van der Waals surface area contributed by atoms with Crippen LogP contribution in [0.5, 0.6) is 0 Å². The molecule has 0 spiro atoms. The molecular formula is C15H13ClFN3O3. The van der Waals surface area contributed by atoms with Gasteiger partial charge in [-0.05, 0) is 32.0 Å². The number of halogens is 2. The van der Waals surface area contributed by atoms with Crippen LogP contribution < -0.4 is 5.32 Å². The monoisotopic (exact) mass is 337 g/mol. The summed E-state index contributed by atoms with van der Waals surface area (Å²) in [4.78, 5) is 31.6. The molecule has 1 aromatic heterocycles. The molecule has 0 saturated carbocycles. The molecule has 0 fully saturated rings. The van der Waals surface area contributed by atoms with Gasteiger partial charge < -0.3 is 10.1 Å². The minimum Gasteiger partial charge on any atom is -0.448 e. The minimum atomic E-state index is -1.09. The van der Waals surface area contributed by atoms with E-state index in [0.29, 0.717) is 5.69 Å². The van der Waals surface area contributed by atoms with Crippen LogP contribution in [0.3, 0.4) is 0 Å². The summed E-state index contributed by atoms with van der Waals surface area (Å²) in [5.74, 6) is -1.90. The van der Waals surface area contributed by atoms with Crippen molar-refractivity contribution in [1.82, 2.24) is 9.97 Å². The van der Waals surface area contributed by atoms with Gasteiger partial charge in [-0.2, -0.15) is 0 Å². The Kier molecular flexibility index (Phi) is 5.23. The Bertz CT molecular complexity index is 737.